The maximum absolute atomic E-state index is 12.6. The van der Waals surface area contributed by atoms with Gasteiger partial charge in [-0.1, -0.05) is 0 Å². The third kappa shape index (κ3) is 4.11. The van der Waals surface area contributed by atoms with Gasteiger partial charge >= 0.3 is 0 Å². The minimum Gasteiger partial charge on any atom is -0.387 e. The fourth-order valence-electron chi connectivity index (χ4n) is 3.80. The summed E-state index contributed by atoms with van der Waals surface area (Å²) in [7, 11) is 0. The number of aryl methyl sites for hydroxylation is 2. The summed E-state index contributed by atoms with van der Waals surface area (Å²) in [6.45, 7) is 8.03. The van der Waals surface area contributed by atoms with E-state index < -0.39 is 5.60 Å². The molecule has 2 aliphatic heterocycles. The van der Waals surface area contributed by atoms with E-state index in [0.29, 0.717) is 19.5 Å². The number of piperidine rings is 1. The summed E-state index contributed by atoms with van der Waals surface area (Å²) in [6.07, 6.45) is 4.55. The van der Waals surface area contributed by atoms with Crippen LogP contribution in [0.25, 0.3) is 0 Å². The van der Waals surface area contributed by atoms with Gasteiger partial charge in [-0.2, -0.15) is 0 Å². The predicted molar refractivity (Wildman–Crippen MR) is 91.7 cm³/mol. The Morgan fingerprint density at radius 3 is 2.65 bits per heavy atom. The average Bonchev–Trinajstić information content (AvgIpc) is 3.08. The topological polar surface area (TPSA) is 56.7 Å². The van der Waals surface area contributed by atoms with Gasteiger partial charge in [-0.3, -0.25) is 4.79 Å². The molecule has 6 heteroatoms. The summed E-state index contributed by atoms with van der Waals surface area (Å²) in [5.74, 6) is 0.122. The van der Waals surface area contributed by atoms with Gasteiger partial charge in [0.2, 0.25) is 5.91 Å². The number of carbonyl (C=O) groups excluding carboxylic acids is 1. The van der Waals surface area contributed by atoms with Gasteiger partial charge in [0.25, 0.3) is 0 Å². The van der Waals surface area contributed by atoms with E-state index in [9.17, 15) is 9.90 Å². The van der Waals surface area contributed by atoms with Crippen molar-refractivity contribution >= 4 is 17.2 Å². The van der Waals surface area contributed by atoms with E-state index in [1.807, 2.05) is 18.7 Å². The lowest BCUT2D eigenvalue weighted by atomic mass is 9.92. The van der Waals surface area contributed by atoms with Crippen LogP contribution in [0.1, 0.15) is 41.3 Å². The van der Waals surface area contributed by atoms with Crippen LogP contribution in [0.3, 0.4) is 0 Å². The number of likely N-dealkylation sites (tertiary alicyclic amines) is 2. The second-order valence-corrected chi connectivity index (χ2v) is 8.33. The van der Waals surface area contributed by atoms with Gasteiger partial charge in [0.1, 0.15) is 0 Å². The number of thiazole rings is 1. The summed E-state index contributed by atoms with van der Waals surface area (Å²) >= 11 is 1.60. The minimum absolute atomic E-state index is 0.122. The standard InChI is InChI=1S/C17H27N3O2S/c1-13-15(23-14(2)18-13)10-16(21)20-9-5-6-17(22,12-20)11-19-7-3-4-8-19/h22H,3-12H2,1-2H3. The van der Waals surface area contributed by atoms with Crippen molar-refractivity contribution in [3.63, 3.8) is 0 Å². The Morgan fingerprint density at radius 1 is 1.26 bits per heavy atom. The summed E-state index contributed by atoms with van der Waals surface area (Å²) < 4.78 is 0. The second-order valence-electron chi connectivity index (χ2n) is 7.04. The van der Waals surface area contributed by atoms with Gasteiger partial charge in [0.15, 0.2) is 0 Å². The first-order valence-corrected chi connectivity index (χ1v) is 9.42. The molecule has 1 N–H and O–H groups in total. The zero-order valence-corrected chi connectivity index (χ0v) is 15.0. The Morgan fingerprint density at radius 2 is 2.00 bits per heavy atom. The number of carbonyl (C=O) groups is 1. The van der Waals surface area contributed by atoms with Crippen molar-refractivity contribution in [2.75, 3.05) is 32.7 Å². The smallest absolute Gasteiger partial charge is 0.227 e. The van der Waals surface area contributed by atoms with E-state index in [-0.39, 0.29) is 5.91 Å². The first-order valence-electron chi connectivity index (χ1n) is 8.61. The van der Waals surface area contributed by atoms with Crippen LogP contribution in [0.5, 0.6) is 0 Å². The molecule has 0 saturated carbocycles. The summed E-state index contributed by atoms with van der Waals surface area (Å²) in [5, 5.41) is 11.9. The highest BCUT2D eigenvalue weighted by atomic mass is 32.1. The Labute approximate surface area is 142 Å². The van der Waals surface area contributed by atoms with Crippen LogP contribution in [-0.4, -0.2) is 64.1 Å². The first-order chi connectivity index (χ1) is 11.0. The van der Waals surface area contributed by atoms with E-state index in [4.69, 9.17) is 0 Å². The molecule has 0 bridgehead atoms. The molecule has 1 atom stereocenters. The molecule has 23 heavy (non-hydrogen) atoms. The molecule has 1 amide bonds. The molecule has 1 aromatic heterocycles. The van der Waals surface area contributed by atoms with Gasteiger partial charge in [-0.05, 0) is 52.6 Å². The number of β-amino-alcohol motifs (C(OH)–C–C–N with tert-alkyl or cyclic N) is 1. The largest absolute Gasteiger partial charge is 0.387 e. The maximum atomic E-state index is 12.6. The highest BCUT2D eigenvalue weighted by molar-refractivity contribution is 7.11. The van der Waals surface area contributed by atoms with Crippen molar-refractivity contribution < 1.29 is 9.90 Å². The van der Waals surface area contributed by atoms with Crippen molar-refractivity contribution in [1.29, 1.82) is 0 Å². The van der Waals surface area contributed by atoms with Crippen LogP contribution in [0.15, 0.2) is 0 Å². The third-order valence-electron chi connectivity index (χ3n) is 4.94. The van der Waals surface area contributed by atoms with E-state index >= 15 is 0 Å². The van der Waals surface area contributed by atoms with Crippen LogP contribution in [0.4, 0.5) is 0 Å². The Kier molecular flexibility index (Phi) is 5.04. The normalized spacial score (nSPS) is 26.0. The molecular weight excluding hydrogens is 310 g/mol. The highest BCUT2D eigenvalue weighted by Gasteiger charge is 2.37. The Hall–Kier alpha value is -0.980. The number of nitrogens with zero attached hydrogens (tertiary/aromatic N) is 3. The van der Waals surface area contributed by atoms with Gasteiger partial charge in [-0.15, -0.1) is 11.3 Å². The SMILES string of the molecule is Cc1nc(C)c(CC(=O)N2CCCC(O)(CN3CCCC3)C2)s1. The fraction of sp³-hybridized carbons (Fsp3) is 0.765. The number of rotatable bonds is 4. The number of hydrogen-bond acceptors (Lipinski definition) is 5. The van der Waals surface area contributed by atoms with Crippen molar-refractivity contribution in [2.45, 2.75) is 51.6 Å². The van der Waals surface area contributed by atoms with E-state index in [2.05, 4.69) is 9.88 Å². The van der Waals surface area contributed by atoms with Crippen molar-refractivity contribution in [1.82, 2.24) is 14.8 Å². The van der Waals surface area contributed by atoms with Crippen LogP contribution in [-0.2, 0) is 11.2 Å². The highest BCUT2D eigenvalue weighted by Crippen LogP contribution is 2.25. The molecule has 3 heterocycles. The van der Waals surface area contributed by atoms with E-state index in [1.165, 1.54) is 12.8 Å². The number of hydrogen-bond donors (Lipinski definition) is 1. The number of amides is 1. The molecule has 2 saturated heterocycles. The average molecular weight is 337 g/mol. The van der Waals surface area contributed by atoms with Crippen molar-refractivity contribution in [3.05, 3.63) is 15.6 Å². The van der Waals surface area contributed by atoms with E-state index in [1.54, 1.807) is 11.3 Å². The summed E-state index contributed by atoms with van der Waals surface area (Å²) in [4.78, 5) is 22.3. The van der Waals surface area contributed by atoms with Crippen LogP contribution >= 0.6 is 11.3 Å². The molecule has 0 radical (unpaired) electrons. The molecule has 1 aromatic rings. The van der Waals surface area contributed by atoms with Gasteiger partial charge < -0.3 is 14.9 Å². The van der Waals surface area contributed by atoms with Gasteiger partial charge in [0.05, 0.1) is 29.3 Å². The first kappa shape index (κ1) is 16.9. The maximum Gasteiger partial charge on any atom is 0.227 e. The molecular formula is C17H27N3O2S. The van der Waals surface area contributed by atoms with Crippen LogP contribution < -0.4 is 0 Å². The van der Waals surface area contributed by atoms with Crippen LogP contribution in [0.2, 0.25) is 0 Å². The Bertz CT molecular complexity index is 568. The lowest BCUT2D eigenvalue weighted by molar-refractivity contribution is -0.138. The van der Waals surface area contributed by atoms with Gasteiger partial charge in [0, 0.05) is 18.0 Å². The monoisotopic (exact) mass is 337 g/mol. The molecule has 5 nitrogen and oxygen atoms in total. The quantitative estimate of drug-likeness (QED) is 0.909. The molecule has 2 fully saturated rings. The van der Waals surface area contributed by atoms with E-state index in [0.717, 1.165) is 48.1 Å². The molecule has 0 spiro atoms. The minimum atomic E-state index is -0.739. The number of aliphatic hydroxyl groups is 1. The molecule has 2 aliphatic rings. The lowest BCUT2D eigenvalue weighted by Crippen LogP contribution is -2.55. The molecule has 0 aromatic carbocycles. The molecule has 0 aliphatic carbocycles. The van der Waals surface area contributed by atoms with Crippen molar-refractivity contribution in [3.8, 4) is 0 Å². The Balaban J connectivity index is 1.60. The van der Waals surface area contributed by atoms with Gasteiger partial charge in [-0.25, -0.2) is 4.98 Å². The zero-order chi connectivity index (χ0) is 16.4. The zero-order valence-electron chi connectivity index (χ0n) is 14.2. The summed E-state index contributed by atoms with van der Waals surface area (Å²) in [6, 6.07) is 0. The summed E-state index contributed by atoms with van der Waals surface area (Å²) in [5.41, 5.74) is 0.224. The number of aromatic nitrogens is 1. The predicted octanol–water partition coefficient (Wildman–Crippen LogP) is 1.75. The van der Waals surface area contributed by atoms with Crippen molar-refractivity contribution in [2.24, 2.45) is 0 Å². The molecule has 128 valence electrons. The second kappa shape index (κ2) is 6.87. The molecule has 3 rings (SSSR count). The lowest BCUT2D eigenvalue weighted by Gasteiger charge is -2.41. The fourth-order valence-corrected chi connectivity index (χ4v) is 4.73. The van der Waals surface area contributed by atoms with Crippen LogP contribution in [0, 0.1) is 13.8 Å². The molecule has 1 unspecified atom stereocenters. The third-order valence-corrected chi connectivity index (χ3v) is 6.01.